The number of likely N-dealkylation sites (tertiary alicyclic amines) is 1. The molecular formula is C23H34N4O2. The Bertz CT molecular complexity index is 742. The molecule has 1 saturated carbocycles. The van der Waals surface area contributed by atoms with Gasteiger partial charge in [0.15, 0.2) is 5.96 Å². The number of rotatable bonds is 5. The molecule has 158 valence electrons. The normalized spacial score (nSPS) is 22.3. The van der Waals surface area contributed by atoms with Crippen molar-refractivity contribution in [1.29, 1.82) is 0 Å². The van der Waals surface area contributed by atoms with Crippen LogP contribution in [0, 0.1) is 5.92 Å². The largest absolute Gasteiger partial charge is 0.493 e. The van der Waals surface area contributed by atoms with Crippen LogP contribution in [0.25, 0.3) is 0 Å². The molecule has 1 amide bonds. The van der Waals surface area contributed by atoms with E-state index in [0.29, 0.717) is 5.91 Å². The summed E-state index contributed by atoms with van der Waals surface area (Å²) in [6.07, 6.45) is 8.80. The van der Waals surface area contributed by atoms with E-state index in [-0.39, 0.29) is 12.0 Å². The maximum absolute atomic E-state index is 12.8. The fraction of sp³-hybridized carbons (Fsp3) is 0.652. The molecule has 1 saturated heterocycles. The molecule has 1 aromatic carbocycles. The lowest BCUT2D eigenvalue weighted by molar-refractivity contribution is -0.135. The van der Waals surface area contributed by atoms with Gasteiger partial charge in [0.1, 0.15) is 5.75 Å². The van der Waals surface area contributed by atoms with Gasteiger partial charge in [-0.25, -0.2) is 0 Å². The van der Waals surface area contributed by atoms with Crippen LogP contribution >= 0.6 is 0 Å². The van der Waals surface area contributed by atoms with Crippen LogP contribution in [0.15, 0.2) is 23.2 Å². The average molecular weight is 399 g/mol. The van der Waals surface area contributed by atoms with Gasteiger partial charge in [-0.2, -0.15) is 0 Å². The minimum atomic E-state index is 0.262. The standard InChI is InChI=1S/C23H34N4O2/c1-24-23(25-12-9-17-7-8-21-19(15-17)11-14-29-21)26-20-10-13-27(16-20)22(28)18-5-3-2-4-6-18/h7-8,15,18,20H,2-6,9-14,16H2,1H3,(H2,24,25,26). The summed E-state index contributed by atoms with van der Waals surface area (Å²) in [5.41, 5.74) is 2.64. The van der Waals surface area contributed by atoms with E-state index in [9.17, 15) is 4.79 Å². The van der Waals surface area contributed by atoms with E-state index in [0.717, 1.165) is 70.1 Å². The zero-order chi connectivity index (χ0) is 20.1. The van der Waals surface area contributed by atoms with Crippen molar-refractivity contribution < 1.29 is 9.53 Å². The van der Waals surface area contributed by atoms with E-state index in [1.165, 1.54) is 30.4 Å². The summed E-state index contributed by atoms with van der Waals surface area (Å²) in [4.78, 5) is 19.2. The molecule has 3 aliphatic rings. The average Bonchev–Trinajstić information content (AvgIpc) is 3.42. The summed E-state index contributed by atoms with van der Waals surface area (Å²) < 4.78 is 5.58. The van der Waals surface area contributed by atoms with Crippen LogP contribution in [-0.2, 0) is 17.6 Å². The minimum Gasteiger partial charge on any atom is -0.493 e. The Hall–Kier alpha value is -2.24. The molecule has 0 bridgehead atoms. The van der Waals surface area contributed by atoms with Gasteiger partial charge in [-0.15, -0.1) is 0 Å². The van der Waals surface area contributed by atoms with Crippen molar-refractivity contribution in [2.24, 2.45) is 10.9 Å². The first kappa shape index (κ1) is 20.0. The second-order valence-corrected chi connectivity index (χ2v) is 8.54. The lowest BCUT2D eigenvalue weighted by Gasteiger charge is -2.26. The molecule has 6 heteroatoms. The first-order chi connectivity index (χ1) is 14.2. The number of guanidine groups is 1. The molecule has 2 heterocycles. The van der Waals surface area contributed by atoms with Gasteiger partial charge in [0.05, 0.1) is 6.61 Å². The summed E-state index contributed by atoms with van der Waals surface area (Å²) in [6, 6.07) is 6.77. The molecule has 2 N–H and O–H groups in total. The van der Waals surface area contributed by atoms with Crippen LogP contribution in [-0.4, -0.2) is 56.1 Å². The lowest BCUT2D eigenvalue weighted by atomic mass is 9.88. The summed E-state index contributed by atoms with van der Waals surface area (Å²) in [6.45, 7) is 3.29. The first-order valence-electron chi connectivity index (χ1n) is 11.2. The number of ether oxygens (including phenoxy) is 1. The van der Waals surface area contributed by atoms with E-state index >= 15 is 0 Å². The number of hydrogen-bond donors (Lipinski definition) is 2. The Morgan fingerprint density at radius 2 is 2.10 bits per heavy atom. The van der Waals surface area contributed by atoms with Gasteiger partial charge in [-0.3, -0.25) is 9.79 Å². The summed E-state index contributed by atoms with van der Waals surface area (Å²) in [5, 5.41) is 6.93. The predicted molar refractivity (Wildman–Crippen MR) is 115 cm³/mol. The molecular weight excluding hydrogens is 364 g/mol. The number of nitrogens with one attached hydrogen (secondary N) is 2. The first-order valence-corrected chi connectivity index (χ1v) is 11.2. The number of hydrogen-bond acceptors (Lipinski definition) is 3. The quantitative estimate of drug-likeness (QED) is 0.591. The van der Waals surface area contributed by atoms with Gasteiger partial charge >= 0.3 is 0 Å². The molecule has 4 rings (SSSR count). The molecule has 2 aliphatic heterocycles. The molecule has 0 radical (unpaired) electrons. The van der Waals surface area contributed by atoms with Crippen LogP contribution in [0.1, 0.15) is 49.7 Å². The number of aliphatic imine (C=N–C) groups is 1. The topological polar surface area (TPSA) is 66.0 Å². The Balaban J connectivity index is 1.21. The fourth-order valence-corrected chi connectivity index (χ4v) is 4.79. The zero-order valence-electron chi connectivity index (χ0n) is 17.6. The SMILES string of the molecule is CN=C(NCCc1ccc2c(c1)CCO2)NC1CCN(C(=O)C2CCCCC2)C1. The third-order valence-corrected chi connectivity index (χ3v) is 6.48. The van der Waals surface area contributed by atoms with Crippen LogP contribution < -0.4 is 15.4 Å². The number of carbonyl (C=O) groups is 1. The summed E-state index contributed by atoms with van der Waals surface area (Å²) >= 11 is 0. The van der Waals surface area contributed by atoms with E-state index in [4.69, 9.17) is 4.74 Å². The second kappa shape index (κ2) is 9.51. The Morgan fingerprint density at radius 1 is 1.24 bits per heavy atom. The van der Waals surface area contributed by atoms with Crippen LogP contribution in [0.5, 0.6) is 5.75 Å². The Labute approximate surface area is 174 Å². The minimum absolute atomic E-state index is 0.262. The van der Waals surface area contributed by atoms with Gasteiger partial charge in [0.2, 0.25) is 5.91 Å². The molecule has 2 fully saturated rings. The van der Waals surface area contributed by atoms with Gasteiger partial charge < -0.3 is 20.3 Å². The molecule has 1 aliphatic carbocycles. The highest BCUT2D eigenvalue weighted by Gasteiger charge is 2.31. The highest BCUT2D eigenvalue weighted by molar-refractivity contribution is 5.81. The van der Waals surface area contributed by atoms with Gasteiger partial charge in [-0.1, -0.05) is 31.4 Å². The van der Waals surface area contributed by atoms with Crippen LogP contribution in [0.2, 0.25) is 0 Å². The summed E-state index contributed by atoms with van der Waals surface area (Å²) in [7, 11) is 1.81. The predicted octanol–water partition coefficient (Wildman–Crippen LogP) is 2.51. The van der Waals surface area contributed by atoms with Gasteiger partial charge in [0, 0.05) is 45.1 Å². The van der Waals surface area contributed by atoms with Crippen molar-refractivity contribution in [1.82, 2.24) is 15.5 Å². The number of amides is 1. The fourth-order valence-electron chi connectivity index (χ4n) is 4.79. The molecule has 1 unspecified atom stereocenters. The van der Waals surface area contributed by atoms with Crippen LogP contribution in [0.3, 0.4) is 0 Å². The van der Waals surface area contributed by atoms with Crippen molar-refractivity contribution in [3.8, 4) is 5.75 Å². The van der Waals surface area contributed by atoms with Crippen molar-refractivity contribution in [3.05, 3.63) is 29.3 Å². The van der Waals surface area contributed by atoms with E-state index in [1.54, 1.807) is 0 Å². The second-order valence-electron chi connectivity index (χ2n) is 8.54. The maximum Gasteiger partial charge on any atom is 0.225 e. The number of nitrogens with zero attached hydrogens (tertiary/aromatic N) is 2. The maximum atomic E-state index is 12.8. The van der Waals surface area contributed by atoms with Crippen LogP contribution in [0.4, 0.5) is 0 Å². The van der Waals surface area contributed by atoms with E-state index < -0.39 is 0 Å². The molecule has 1 atom stereocenters. The van der Waals surface area contributed by atoms with Gasteiger partial charge in [-0.05, 0) is 42.9 Å². The van der Waals surface area contributed by atoms with Crippen molar-refractivity contribution >= 4 is 11.9 Å². The number of carbonyl (C=O) groups excluding carboxylic acids is 1. The van der Waals surface area contributed by atoms with Gasteiger partial charge in [0.25, 0.3) is 0 Å². The molecule has 29 heavy (non-hydrogen) atoms. The summed E-state index contributed by atoms with van der Waals surface area (Å²) in [5.74, 6) is 2.49. The highest BCUT2D eigenvalue weighted by atomic mass is 16.5. The highest BCUT2D eigenvalue weighted by Crippen LogP contribution is 2.27. The molecule has 0 spiro atoms. The molecule has 6 nitrogen and oxygen atoms in total. The third-order valence-electron chi connectivity index (χ3n) is 6.48. The van der Waals surface area contributed by atoms with E-state index in [2.05, 4.69) is 38.7 Å². The smallest absolute Gasteiger partial charge is 0.225 e. The molecule has 0 aromatic heterocycles. The molecule has 1 aromatic rings. The van der Waals surface area contributed by atoms with Crippen molar-refractivity contribution in [3.63, 3.8) is 0 Å². The number of fused-ring (bicyclic) bond motifs is 1. The van der Waals surface area contributed by atoms with E-state index in [1.807, 2.05) is 7.05 Å². The Kier molecular flexibility index (Phi) is 6.57. The van der Waals surface area contributed by atoms with Crippen molar-refractivity contribution in [2.45, 2.75) is 57.4 Å². The van der Waals surface area contributed by atoms with Crippen molar-refractivity contribution in [2.75, 3.05) is 33.3 Å². The number of benzene rings is 1. The lowest BCUT2D eigenvalue weighted by Crippen LogP contribution is -2.46. The zero-order valence-corrected chi connectivity index (χ0v) is 17.6. The Morgan fingerprint density at radius 3 is 2.93 bits per heavy atom. The third kappa shape index (κ3) is 5.03. The monoisotopic (exact) mass is 398 g/mol.